The largest absolute Gasteiger partial charge is 0.496 e. The molecule has 0 saturated heterocycles. The van der Waals surface area contributed by atoms with Crippen LogP contribution in [0.1, 0.15) is 11.3 Å². The van der Waals surface area contributed by atoms with E-state index in [1.54, 1.807) is 37.0 Å². The predicted molar refractivity (Wildman–Crippen MR) is 101 cm³/mol. The Labute approximate surface area is 150 Å². The van der Waals surface area contributed by atoms with E-state index in [-0.39, 0.29) is 5.43 Å². The molecule has 0 radical (unpaired) electrons. The maximum Gasteiger partial charge on any atom is 0.200 e. The molecule has 4 aromatic rings. The van der Waals surface area contributed by atoms with Crippen molar-refractivity contribution < 1.29 is 9.15 Å². The summed E-state index contributed by atoms with van der Waals surface area (Å²) >= 11 is 0. The van der Waals surface area contributed by atoms with Gasteiger partial charge in [-0.25, -0.2) is 4.68 Å². The average Bonchev–Trinajstić information content (AvgIpc) is 3.13. The number of nitrogens with zero attached hydrogens (tertiary/aromatic N) is 2. The van der Waals surface area contributed by atoms with Gasteiger partial charge in [-0.05, 0) is 38.1 Å². The molecule has 0 aliphatic carbocycles. The van der Waals surface area contributed by atoms with E-state index in [0.29, 0.717) is 28.0 Å². The van der Waals surface area contributed by atoms with Crippen LogP contribution in [-0.4, -0.2) is 16.9 Å². The van der Waals surface area contributed by atoms with E-state index in [4.69, 9.17) is 9.15 Å². The van der Waals surface area contributed by atoms with Crippen LogP contribution in [0, 0.1) is 13.8 Å². The van der Waals surface area contributed by atoms with Gasteiger partial charge < -0.3 is 9.15 Å². The lowest BCUT2D eigenvalue weighted by atomic mass is 10.0. The van der Waals surface area contributed by atoms with Gasteiger partial charge in [0.2, 0.25) is 5.43 Å². The summed E-state index contributed by atoms with van der Waals surface area (Å²) < 4.78 is 13.1. The van der Waals surface area contributed by atoms with Crippen molar-refractivity contribution >= 4 is 11.0 Å². The molecule has 0 aliphatic heterocycles. The Balaban J connectivity index is 1.91. The molecule has 2 aromatic carbocycles. The standard InChI is InChI=1S/C21H18N2O3/c1-13-18(25-3)10-9-17-20(24)19(14(2)26-21(13)17)15-11-22-23(12-15)16-7-5-4-6-8-16/h4-12H,1-3H3. The van der Waals surface area contributed by atoms with Gasteiger partial charge in [0.15, 0.2) is 0 Å². The molecular weight excluding hydrogens is 328 g/mol. The van der Waals surface area contributed by atoms with Gasteiger partial charge in [-0.1, -0.05) is 18.2 Å². The van der Waals surface area contributed by atoms with Crippen molar-refractivity contribution in [2.24, 2.45) is 0 Å². The second-order valence-corrected chi connectivity index (χ2v) is 6.14. The third-order valence-corrected chi connectivity index (χ3v) is 4.55. The number of methoxy groups -OCH3 is 1. The molecule has 0 fully saturated rings. The molecule has 4 rings (SSSR count). The molecule has 0 amide bonds. The van der Waals surface area contributed by atoms with Crippen LogP contribution in [0.3, 0.4) is 0 Å². The topological polar surface area (TPSA) is 57.3 Å². The number of para-hydroxylation sites is 1. The number of aryl methyl sites for hydroxylation is 2. The molecule has 0 unspecified atom stereocenters. The quantitative estimate of drug-likeness (QED) is 0.556. The van der Waals surface area contributed by atoms with E-state index < -0.39 is 0 Å². The summed E-state index contributed by atoms with van der Waals surface area (Å²) in [6.45, 7) is 3.69. The molecule has 2 aromatic heterocycles. The molecule has 0 saturated carbocycles. The van der Waals surface area contributed by atoms with E-state index in [9.17, 15) is 4.79 Å². The number of benzene rings is 2. The molecule has 0 N–H and O–H groups in total. The summed E-state index contributed by atoms with van der Waals surface area (Å²) in [5.41, 5.74) is 3.51. The summed E-state index contributed by atoms with van der Waals surface area (Å²) in [4.78, 5) is 13.1. The second-order valence-electron chi connectivity index (χ2n) is 6.14. The second kappa shape index (κ2) is 6.19. The molecule has 130 valence electrons. The maximum absolute atomic E-state index is 13.1. The van der Waals surface area contributed by atoms with Crippen molar-refractivity contribution in [3.05, 3.63) is 76.4 Å². The van der Waals surface area contributed by atoms with Gasteiger partial charge in [-0.2, -0.15) is 5.10 Å². The molecule has 0 aliphatic rings. The zero-order chi connectivity index (χ0) is 18.3. The van der Waals surface area contributed by atoms with Crippen LogP contribution < -0.4 is 10.2 Å². The Morgan fingerprint density at radius 2 is 1.85 bits per heavy atom. The molecule has 0 spiro atoms. The third kappa shape index (κ3) is 2.49. The number of hydrogen-bond donors (Lipinski definition) is 0. The monoisotopic (exact) mass is 346 g/mol. The Morgan fingerprint density at radius 3 is 2.58 bits per heavy atom. The molecule has 5 nitrogen and oxygen atoms in total. The summed E-state index contributed by atoms with van der Waals surface area (Å²) in [7, 11) is 1.60. The van der Waals surface area contributed by atoms with Gasteiger partial charge in [-0.15, -0.1) is 0 Å². The number of rotatable bonds is 3. The lowest BCUT2D eigenvalue weighted by Gasteiger charge is -2.10. The smallest absolute Gasteiger partial charge is 0.200 e. The zero-order valence-corrected chi connectivity index (χ0v) is 14.8. The molecule has 5 heteroatoms. The summed E-state index contributed by atoms with van der Waals surface area (Å²) in [6.07, 6.45) is 3.53. The van der Waals surface area contributed by atoms with Crippen molar-refractivity contribution in [3.63, 3.8) is 0 Å². The normalized spacial score (nSPS) is 11.0. The van der Waals surface area contributed by atoms with Gasteiger partial charge in [-0.3, -0.25) is 4.79 Å². The molecule has 26 heavy (non-hydrogen) atoms. The Morgan fingerprint density at radius 1 is 1.08 bits per heavy atom. The minimum atomic E-state index is -0.0675. The van der Waals surface area contributed by atoms with Crippen LogP contribution in [0.4, 0.5) is 0 Å². The highest BCUT2D eigenvalue weighted by molar-refractivity contribution is 5.86. The van der Waals surface area contributed by atoms with Gasteiger partial charge in [0.25, 0.3) is 0 Å². The van der Waals surface area contributed by atoms with E-state index in [1.807, 2.05) is 43.5 Å². The summed E-state index contributed by atoms with van der Waals surface area (Å²) in [5.74, 6) is 1.26. The van der Waals surface area contributed by atoms with Crippen LogP contribution in [0.5, 0.6) is 5.75 Å². The highest BCUT2D eigenvalue weighted by atomic mass is 16.5. The first-order valence-corrected chi connectivity index (χ1v) is 8.31. The Kier molecular flexibility index (Phi) is 3.84. The zero-order valence-electron chi connectivity index (χ0n) is 14.8. The average molecular weight is 346 g/mol. The molecule has 0 bridgehead atoms. The van der Waals surface area contributed by atoms with Gasteiger partial charge >= 0.3 is 0 Å². The van der Waals surface area contributed by atoms with Crippen molar-refractivity contribution in [2.75, 3.05) is 7.11 Å². The van der Waals surface area contributed by atoms with Crippen molar-refractivity contribution in [1.82, 2.24) is 9.78 Å². The van der Waals surface area contributed by atoms with E-state index in [0.717, 1.165) is 16.8 Å². The molecule has 0 atom stereocenters. The van der Waals surface area contributed by atoms with Crippen LogP contribution in [0.2, 0.25) is 0 Å². The van der Waals surface area contributed by atoms with Crippen LogP contribution in [0.25, 0.3) is 27.8 Å². The van der Waals surface area contributed by atoms with E-state index >= 15 is 0 Å². The number of hydrogen-bond acceptors (Lipinski definition) is 4. The fraction of sp³-hybridized carbons (Fsp3) is 0.143. The number of ether oxygens (including phenoxy) is 1. The highest BCUT2D eigenvalue weighted by Gasteiger charge is 2.17. The van der Waals surface area contributed by atoms with Crippen molar-refractivity contribution in [1.29, 1.82) is 0 Å². The minimum Gasteiger partial charge on any atom is -0.496 e. The third-order valence-electron chi connectivity index (χ3n) is 4.55. The first-order chi connectivity index (χ1) is 12.6. The first kappa shape index (κ1) is 16.1. The van der Waals surface area contributed by atoms with Crippen LogP contribution in [0.15, 0.2) is 64.1 Å². The number of fused-ring (bicyclic) bond motifs is 1. The van der Waals surface area contributed by atoms with E-state index in [2.05, 4.69) is 5.10 Å². The maximum atomic E-state index is 13.1. The molecular formula is C21H18N2O3. The van der Waals surface area contributed by atoms with E-state index in [1.165, 1.54) is 0 Å². The molecule has 2 heterocycles. The van der Waals surface area contributed by atoms with Gasteiger partial charge in [0.05, 0.1) is 29.9 Å². The summed E-state index contributed by atoms with van der Waals surface area (Å²) in [6, 6.07) is 13.3. The van der Waals surface area contributed by atoms with Crippen LogP contribution >= 0.6 is 0 Å². The lowest BCUT2D eigenvalue weighted by molar-refractivity contribution is 0.411. The Hall–Kier alpha value is -3.34. The van der Waals surface area contributed by atoms with Crippen molar-refractivity contribution in [3.8, 4) is 22.6 Å². The highest BCUT2D eigenvalue weighted by Crippen LogP contribution is 2.30. The summed E-state index contributed by atoms with van der Waals surface area (Å²) in [5, 5.41) is 4.92. The minimum absolute atomic E-state index is 0.0675. The lowest BCUT2D eigenvalue weighted by Crippen LogP contribution is -2.08. The van der Waals surface area contributed by atoms with Crippen molar-refractivity contribution in [2.45, 2.75) is 13.8 Å². The Bertz CT molecular complexity index is 1160. The SMILES string of the molecule is COc1ccc2c(=O)c(-c3cnn(-c4ccccc4)c3)c(C)oc2c1C. The predicted octanol–water partition coefficient (Wildman–Crippen LogP) is 4.27. The van der Waals surface area contributed by atoms with Crippen LogP contribution in [-0.2, 0) is 0 Å². The van der Waals surface area contributed by atoms with Gasteiger partial charge in [0.1, 0.15) is 17.1 Å². The fourth-order valence-corrected chi connectivity index (χ4v) is 3.21. The number of aromatic nitrogens is 2. The fourth-order valence-electron chi connectivity index (χ4n) is 3.21. The first-order valence-electron chi connectivity index (χ1n) is 8.31. The van der Waals surface area contributed by atoms with Gasteiger partial charge in [0, 0.05) is 17.3 Å².